The summed E-state index contributed by atoms with van der Waals surface area (Å²) in [6.45, 7) is 10.4. The van der Waals surface area contributed by atoms with Crippen molar-refractivity contribution in [1.29, 1.82) is 0 Å². The molecule has 0 spiro atoms. The summed E-state index contributed by atoms with van der Waals surface area (Å²) in [5.74, 6) is -1.47. The molecule has 308 valence electrons. The van der Waals surface area contributed by atoms with E-state index in [9.17, 15) is 28.0 Å². The van der Waals surface area contributed by atoms with Gasteiger partial charge in [-0.3, -0.25) is 14.2 Å². The summed E-state index contributed by atoms with van der Waals surface area (Å²) in [5.41, 5.74) is 6.23. The monoisotopic (exact) mass is 834 g/mol. The average Bonchev–Trinajstić information content (AvgIpc) is 3.80. The summed E-state index contributed by atoms with van der Waals surface area (Å²) < 4.78 is 38.7. The summed E-state index contributed by atoms with van der Waals surface area (Å²) in [5, 5.41) is 25.5. The number of aromatic nitrogens is 4. The number of nitrogens with zero attached hydrogens (tertiary/aromatic N) is 4. The molecular weight excluding hydrogens is 789 g/mol. The van der Waals surface area contributed by atoms with E-state index in [0.29, 0.717) is 28.9 Å². The summed E-state index contributed by atoms with van der Waals surface area (Å²) in [7, 11) is 0. The number of ether oxygens (including phenoxy) is 2. The number of hydrogen-bond donors (Lipinski definition) is 5. The van der Waals surface area contributed by atoms with Gasteiger partial charge in [0.05, 0.1) is 49.3 Å². The highest BCUT2D eigenvalue weighted by molar-refractivity contribution is 6.31. The van der Waals surface area contributed by atoms with Gasteiger partial charge in [-0.15, -0.1) is 0 Å². The molecule has 19 heteroatoms. The maximum Gasteiger partial charge on any atom is 0.407 e. The number of amides is 3. The summed E-state index contributed by atoms with van der Waals surface area (Å²) in [6, 6.07) is 13.7. The lowest BCUT2D eigenvalue weighted by atomic mass is 10.2. The third-order valence-electron chi connectivity index (χ3n) is 6.50. The molecule has 4 rings (SSSR count). The third kappa shape index (κ3) is 20.0. The van der Waals surface area contributed by atoms with E-state index in [1.54, 1.807) is 90.1 Å². The largest absolute Gasteiger partial charge is 0.478 e. The predicted molar refractivity (Wildman–Crippen MR) is 214 cm³/mol. The number of nitrogen functional groups attached to an aromatic ring is 1. The van der Waals surface area contributed by atoms with Crippen molar-refractivity contribution >= 4 is 58.6 Å². The minimum Gasteiger partial charge on any atom is -0.478 e. The van der Waals surface area contributed by atoms with Gasteiger partial charge in [0.25, 0.3) is 5.91 Å². The van der Waals surface area contributed by atoms with Crippen molar-refractivity contribution in [1.82, 2.24) is 30.2 Å². The topological polar surface area (TPSA) is 205 Å². The Morgan fingerprint density at radius 1 is 0.737 bits per heavy atom. The highest BCUT2D eigenvalue weighted by Crippen LogP contribution is 2.15. The van der Waals surface area contributed by atoms with Crippen molar-refractivity contribution in [2.24, 2.45) is 0 Å². The number of aromatic carboxylic acids is 1. The molecule has 0 aliphatic heterocycles. The van der Waals surface area contributed by atoms with E-state index in [1.165, 1.54) is 34.2 Å². The van der Waals surface area contributed by atoms with E-state index >= 15 is 0 Å². The number of benzene rings is 2. The van der Waals surface area contributed by atoms with E-state index in [0.717, 1.165) is 10.7 Å². The lowest BCUT2D eigenvalue weighted by molar-refractivity contribution is 0.0520. The van der Waals surface area contributed by atoms with Gasteiger partial charge in [0.2, 0.25) is 0 Å². The van der Waals surface area contributed by atoms with Crippen LogP contribution in [0.4, 0.5) is 29.7 Å². The van der Waals surface area contributed by atoms with Gasteiger partial charge in [0, 0.05) is 46.9 Å². The van der Waals surface area contributed by atoms with Gasteiger partial charge < -0.3 is 36.3 Å². The average molecular weight is 836 g/mol. The first-order chi connectivity index (χ1) is 26.7. The maximum atomic E-state index is 13.1. The van der Waals surface area contributed by atoms with Crippen molar-refractivity contribution in [3.05, 3.63) is 118 Å². The number of carboxylic acid groups (broad SMARTS) is 1. The zero-order chi connectivity index (χ0) is 42.8. The molecule has 2 aromatic carbocycles. The van der Waals surface area contributed by atoms with E-state index in [4.69, 9.17) is 43.5 Å². The molecule has 0 unspecified atom stereocenters. The molecule has 0 fully saturated rings. The minimum absolute atomic E-state index is 0.00769. The number of alkyl carbamates (subject to hydrolysis) is 2. The molecule has 15 nitrogen and oxygen atoms in total. The maximum absolute atomic E-state index is 13.1. The number of rotatable bonds is 11. The Bertz CT molecular complexity index is 1970. The lowest BCUT2D eigenvalue weighted by Crippen LogP contribution is -2.34. The van der Waals surface area contributed by atoms with Gasteiger partial charge in [-0.25, -0.2) is 23.2 Å². The summed E-state index contributed by atoms with van der Waals surface area (Å²) >= 11 is 11.4. The first-order valence-electron chi connectivity index (χ1n) is 17.0. The van der Waals surface area contributed by atoms with Crippen LogP contribution in [0, 0.1) is 0 Å². The van der Waals surface area contributed by atoms with Gasteiger partial charge in [0.15, 0.2) is 0 Å². The Kier molecular flexibility index (Phi) is 18.7. The van der Waals surface area contributed by atoms with E-state index in [-0.39, 0.29) is 48.8 Å². The number of nitrogens with one attached hydrogen (secondary N) is 3. The standard InChI is InChI=1S/C19H22ClFN4O3.C13H18FN3O4.C6H6ClN/c1-19(2,3)28-18(27)22-9-13(8-21)11-25-12-14(10-23-25)17(26)24-16-6-4-15(20)5-7-16;1-13(2,3)21-12(20)15-5-9(4-14)7-17-8-10(6-16-17)11(18)19;7-5-1-3-6(8)4-2-5/h4-8,10,12H,9,11H2,1-3H3,(H,22,27)(H,24,26);4,6,8H,5,7H2,1-3H3,(H,15,20)(H,18,19);1-4H,8H2/b13-8+;9-4+;. The van der Waals surface area contributed by atoms with E-state index in [1.807, 2.05) is 0 Å². The fourth-order valence-electron chi connectivity index (χ4n) is 4.00. The van der Waals surface area contributed by atoms with Crippen molar-refractivity contribution in [3.63, 3.8) is 0 Å². The van der Waals surface area contributed by atoms with Crippen LogP contribution in [0.5, 0.6) is 0 Å². The normalized spacial score (nSPS) is 11.5. The molecule has 0 saturated carbocycles. The lowest BCUT2D eigenvalue weighted by Gasteiger charge is -2.20. The van der Waals surface area contributed by atoms with Gasteiger partial charge >= 0.3 is 18.2 Å². The van der Waals surface area contributed by atoms with Crippen LogP contribution in [0.25, 0.3) is 0 Å². The Hall–Kier alpha value is -5.94. The Morgan fingerprint density at radius 2 is 1.14 bits per heavy atom. The Morgan fingerprint density at radius 3 is 1.51 bits per heavy atom. The van der Waals surface area contributed by atoms with Crippen LogP contribution < -0.4 is 21.7 Å². The zero-order valence-electron chi connectivity index (χ0n) is 32.2. The molecule has 3 amide bonds. The SMILES string of the molecule is CC(C)(C)OC(=O)NC/C(=C\F)Cn1cc(C(=O)Nc2ccc(Cl)cc2)cn1.CC(C)(C)OC(=O)NC/C(=C\F)Cn1cc(C(=O)O)cn1.Nc1ccc(Cl)cc1. The first-order valence-corrected chi connectivity index (χ1v) is 17.8. The van der Waals surface area contributed by atoms with Crippen LogP contribution in [0.3, 0.4) is 0 Å². The minimum atomic E-state index is -1.11. The second-order valence-corrected chi connectivity index (χ2v) is 14.8. The van der Waals surface area contributed by atoms with E-state index in [2.05, 4.69) is 26.1 Å². The number of carbonyl (C=O) groups excluding carboxylic acids is 3. The molecule has 0 atom stereocenters. The van der Waals surface area contributed by atoms with Crippen molar-refractivity contribution < 1.29 is 42.5 Å². The number of nitrogens with two attached hydrogens (primary N) is 1. The number of anilines is 2. The van der Waals surface area contributed by atoms with Crippen LogP contribution in [-0.2, 0) is 22.6 Å². The Balaban J connectivity index is 0.000000338. The Labute approximate surface area is 338 Å². The molecule has 0 saturated heterocycles. The van der Waals surface area contributed by atoms with Gasteiger partial charge in [-0.2, -0.15) is 10.2 Å². The van der Waals surface area contributed by atoms with Crippen LogP contribution in [0.1, 0.15) is 62.3 Å². The summed E-state index contributed by atoms with van der Waals surface area (Å²) in [6.07, 6.45) is 4.75. The smallest absolute Gasteiger partial charge is 0.407 e. The zero-order valence-corrected chi connectivity index (χ0v) is 33.7. The summed E-state index contributed by atoms with van der Waals surface area (Å²) in [4.78, 5) is 46.1. The molecule has 57 heavy (non-hydrogen) atoms. The molecule has 0 radical (unpaired) electrons. The van der Waals surface area contributed by atoms with Gasteiger partial charge in [-0.1, -0.05) is 23.2 Å². The van der Waals surface area contributed by atoms with Crippen molar-refractivity contribution in [2.75, 3.05) is 24.1 Å². The second kappa shape index (κ2) is 22.6. The quantitative estimate of drug-likeness (QED) is 0.0920. The molecular formula is C38H46Cl2F2N8O7. The predicted octanol–water partition coefficient (Wildman–Crippen LogP) is 8.05. The van der Waals surface area contributed by atoms with Crippen molar-refractivity contribution in [3.8, 4) is 0 Å². The van der Waals surface area contributed by atoms with Gasteiger partial charge in [-0.05, 0) is 101 Å². The van der Waals surface area contributed by atoms with Gasteiger partial charge in [0.1, 0.15) is 11.2 Å². The van der Waals surface area contributed by atoms with Crippen LogP contribution >= 0.6 is 23.2 Å². The second-order valence-electron chi connectivity index (χ2n) is 13.9. The highest BCUT2D eigenvalue weighted by Gasteiger charge is 2.18. The fraction of sp³-hybridized carbons (Fsp3) is 0.316. The fourth-order valence-corrected chi connectivity index (χ4v) is 4.25. The number of halogens is 4. The van der Waals surface area contributed by atoms with Crippen LogP contribution in [-0.4, -0.2) is 73.0 Å². The number of hydrogen-bond acceptors (Lipinski definition) is 9. The number of carbonyl (C=O) groups is 4. The first kappa shape index (κ1) is 47.2. The molecule has 2 heterocycles. The molecule has 0 aliphatic rings. The molecule has 2 aromatic heterocycles. The van der Waals surface area contributed by atoms with Crippen LogP contribution in [0.15, 0.2) is 97.1 Å². The van der Waals surface area contributed by atoms with E-state index < -0.39 is 29.4 Å². The highest BCUT2D eigenvalue weighted by atomic mass is 35.5. The molecule has 4 aromatic rings. The molecule has 0 aliphatic carbocycles. The molecule has 6 N–H and O–H groups in total. The van der Waals surface area contributed by atoms with Crippen molar-refractivity contribution in [2.45, 2.75) is 65.8 Å². The third-order valence-corrected chi connectivity index (χ3v) is 7.01. The molecule has 0 bridgehead atoms. The van der Waals surface area contributed by atoms with Crippen LogP contribution in [0.2, 0.25) is 10.0 Å². The number of carboxylic acids is 1.